The molecule has 18 heavy (non-hydrogen) atoms. The highest BCUT2D eigenvalue weighted by molar-refractivity contribution is 7.98. The molecule has 0 aliphatic carbocycles. The van der Waals surface area contributed by atoms with Gasteiger partial charge >= 0.3 is 5.97 Å². The van der Waals surface area contributed by atoms with E-state index in [1.807, 2.05) is 24.5 Å². The Labute approximate surface area is 108 Å². The molecule has 0 aliphatic heterocycles. The van der Waals surface area contributed by atoms with Gasteiger partial charge in [-0.25, -0.2) is 4.79 Å². The van der Waals surface area contributed by atoms with Crippen molar-refractivity contribution in [3.63, 3.8) is 0 Å². The molecule has 0 spiro atoms. The van der Waals surface area contributed by atoms with E-state index in [0.29, 0.717) is 5.69 Å². The van der Waals surface area contributed by atoms with Crippen LogP contribution in [0, 0.1) is 0 Å². The molecule has 6 heteroatoms. The van der Waals surface area contributed by atoms with Crippen molar-refractivity contribution in [1.29, 1.82) is 0 Å². The Kier molecular flexibility index (Phi) is 3.57. The molecule has 0 saturated carbocycles. The minimum Gasteiger partial charge on any atom is -0.496 e. The molecule has 0 bridgehead atoms. The minimum atomic E-state index is -1.14. The summed E-state index contributed by atoms with van der Waals surface area (Å²) in [4.78, 5) is 11.7. The molecule has 1 aromatic carbocycles. The molecule has 0 aliphatic rings. The molecule has 0 saturated heterocycles. The summed E-state index contributed by atoms with van der Waals surface area (Å²) in [5, 5.41) is 12.6. The number of nitrogens with zero attached hydrogens (tertiary/aromatic N) is 1. The molecular formula is C12H11NO4S. The summed E-state index contributed by atoms with van der Waals surface area (Å²) in [6.45, 7) is 0. The fourth-order valence-electron chi connectivity index (χ4n) is 1.59. The normalized spacial score (nSPS) is 10.3. The topological polar surface area (TPSA) is 72.6 Å². The number of thioether (sulfide) groups is 1. The summed E-state index contributed by atoms with van der Waals surface area (Å²) in [5.74, 6) is -0.595. The van der Waals surface area contributed by atoms with Crippen LogP contribution in [0.25, 0.3) is 11.3 Å². The summed E-state index contributed by atoms with van der Waals surface area (Å²) < 4.78 is 10.0. The van der Waals surface area contributed by atoms with Crippen molar-refractivity contribution >= 4 is 17.7 Å². The highest BCUT2D eigenvalue weighted by atomic mass is 32.2. The zero-order valence-electron chi connectivity index (χ0n) is 9.84. The molecular weight excluding hydrogens is 254 g/mol. The van der Waals surface area contributed by atoms with E-state index in [2.05, 4.69) is 5.16 Å². The number of hydrogen-bond donors (Lipinski definition) is 1. The lowest BCUT2D eigenvalue weighted by Gasteiger charge is -2.09. The first kappa shape index (κ1) is 12.5. The second-order valence-corrected chi connectivity index (χ2v) is 4.24. The molecule has 2 aromatic rings. The van der Waals surface area contributed by atoms with E-state index in [1.165, 1.54) is 17.8 Å². The molecule has 1 aromatic heterocycles. The van der Waals surface area contributed by atoms with Crippen LogP contribution in [-0.4, -0.2) is 29.6 Å². The number of aromatic nitrogens is 1. The SMILES string of the molecule is COc1cccc(-c2cc(C(=O)O)on2)c1SC. The van der Waals surface area contributed by atoms with Crippen LogP contribution in [0.3, 0.4) is 0 Å². The maximum Gasteiger partial charge on any atom is 0.374 e. The molecule has 0 atom stereocenters. The standard InChI is InChI=1S/C12H11NO4S/c1-16-9-5-3-4-7(11(9)18-2)8-6-10(12(14)15)17-13-8/h3-6H,1-2H3,(H,14,15). The van der Waals surface area contributed by atoms with Crippen molar-refractivity contribution in [1.82, 2.24) is 5.16 Å². The highest BCUT2D eigenvalue weighted by Gasteiger charge is 2.16. The first-order valence-electron chi connectivity index (χ1n) is 5.08. The van der Waals surface area contributed by atoms with Crippen LogP contribution in [-0.2, 0) is 0 Å². The van der Waals surface area contributed by atoms with Crippen molar-refractivity contribution < 1.29 is 19.2 Å². The van der Waals surface area contributed by atoms with E-state index in [9.17, 15) is 4.79 Å². The van der Waals surface area contributed by atoms with E-state index in [-0.39, 0.29) is 5.76 Å². The number of methoxy groups -OCH3 is 1. The van der Waals surface area contributed by atoms with E-state index in [4.69, 9.17) is 14.4 Å². The summed E-state index contributed by atoms with van der Waals surface area (Å²) >= 11 is 1.51. The number of benzene rings is 1. The molecule has 0 fully saturated rings. The Morgan fingerprint density at radius 3 is 2.83 bits per heavy atom. The van der Waals surface area contributed by atoms with Gasteiger partial charge in [0.25, 0.3) is 0 Å². The van der Waals surface area contributed by atoms with Crippen LogP contribution < -0.4 is 4.74 Å². The van der Waals surface area contributed by atoms with Crippen LogP contribution in [0.15, 0.2) is 33.7 Å². The number of carboxylic acid groups (broad SMARTS) is 1. The van der Waals surface area contributed by atoms with Crippen LogP contribution in [0.4, 0.5) is 0 Å². The van der Waals surface area contributed by atoms with Gasteiger partial charge in [-0.1, -0.05) is 17.3 Å². The maximum absolute atomic E-state index is 10.8. The lowest BCUT2D eigenvalue weighted by atomic mass is 10.1. The van der Waals surface area contributed by atoms with Gasteiger partial charge in [-0.3, -0.25) is 0 Å². The van der Waals surface area contributed by atoms with Gasteiger partial charge in [-0.15, -0.1) is 11.8 Å². The van der Waals surface area contributed by atoms with E-state index in [0.717, 1.165) is 16.2 Å². The van der Waals surface area contributed by atoms with Gasteiger partial charge in [0.1, 0.15) is 11.4 Å². The average Bonchev–Trinajstić information content (AvgIpc) is 2.87. The van der Waals surface area contributed by atoms with Crippen LogP contribution >= 0.6 is 11.8 Å². The Morgan fingerprint density at radius 2 is 2.28 bits per heavy atom. The smallest absolute Gasteiger partial charge is 0.374 e. The predicted molar refractivity (Wildman–Crippen MR) is 67.2 cm³/mol. The summed E-state index contributed by atoms with van der Waals surface area (Å²) in [6.07, 6.45) is 1.92. The van der Waals surface area contributed by atoms with Gasteiger partial charge in [0.2, 0.25) is 5.76 Å². The van der Waals surface area contributed by atoms with Gasteiger partial charge in [0.15, 0.2) is 0 Å². The zero-order chi connectivity index (χ0) is 13.1. The highest BCUT2D eigenvalue weighted by Crippen LogP contribution is 2.36. The van der Waals surface area contributed by atoms with Crippen molar-refractivity contribution in [3.05, 3.63) is 30.0 Å². The first-order chi connectivity index (χ1) is 8.67. The van der Waals surface area contributed by atoms with E-state index < -0.39 is 5.97 Å². The van der Waals surface area contributed by atoms with Gasteiger partial charge < -0.3 is 14.4 Å². The second kappa shape index (κ2) is 5.14. The number of carbonyl (C=O) groups is 1. The maximum atomic E-state index is 10.8. The Morgan fingerprint density at radius 1 is 1.50 bits per heavy atom. The number of rotatable bonds is 4. The molecule has 2 rings (SSSR count). The fraction of sp³-hybridized carbons (Fsp3) is 0.167. The van der Waals surface area contributed by atoms with Crippen molar-refractivity contribution in [2.24, 2.45) is 0 Å². The third-order valence-corrected chi connectivity index (χ3v) is 3.23. The van der Waals surface area contributed by atoms with Crippen molar-refractivity contribution in [2.75, 3.05) is 13.4 Å². The lowest BCUT2D eigenvalue weighted by Crippen LogP contribution is -1.92. The molecule has 1 heterocycles. The average molecular weight is 265 g/mol. The minimum absolute atomic E-state index is 0.181. The quantitative estimate of drug-likeness (QED) is 0.857. The van der Waals surface area contributed by atoms with Gasteiger partial charge in [0, 0.05) is 11.6 Å². The van der Waals surface area contributed by atoms with Crippen molar-refractivity contribution in [3.8, 4) is 17.0 Å². The van der Waals surface area contributed by atoms with Gasteiger partial charge in [0.05, 0.1) is 12.0 Å². The monoisotopic (exact) mass is 265 g/mol. The largest absolute Gasteiger partial charge is 0.496 e. The molecule has 0 unspecified atom stereocenters. The van der Waals surface area contributed by atoms with Crippen LogP contribution in [0.2, 0.25) is 0 Å². The third-order valence-electron chi connectivity index (χ3n) is 2.40. The van der Waals surface area contributed by atoms with E-state index >= 15 is 0 Å². The summed E-state index contributed by atoms with van der Waals surface area (Å²) in [5.41, 5.74) is 1.27. The van der Waals surface area contributed by atoms with Gasteiger partial charge in [-0.2, -0.15) is 0 Å². The van der Waals surface area contributed by atoms with Gasteiger partial charge in [-0.05, 0) is 12.3 Å². The molecule has 5 nitrogen and oxygen atoms in total. The Hall–Kier alpha value is -1.95. The zero-order valence-corrected chi connectivity index (χ0v) is 10.7. The lowest BCUT2D eigenvalue weighted by molar-refractivity contribution is 0.0652. The molecule has 94 valence electrons. The molecule has 0 amide bonds. The third kappa shape index (κ3) is 2.19. The molecule has 0 radical (unpaired) electrons. The fourth-order valence-corrected chi connectivity index (χ4v) is 2.34. The summed E-state index contributed by atoms with van der Waals surface area (Å²) in [7, 11) is 1.59. The number of aromatic carboxylic acids is 1. The van der Waals surface area contributed by atoms with Crippen LogP contribution in [0.1, 0.15) is 10.6 Å². The number of carboxylic acids is 1. The number of ether oxygens (including phenoxy) is 1. The van der Waals surface area contributed by atoms with Crippen molar-refractivity contribution in [2.45, 2.75) is 4.90 Å². The second-order valence-electron chi connectivity index (χ2n) is 3.42. The predicted octanol–water partition coefficient (Wildman–Crippen LogP) is 2.77. The summed E-state index contributed by atoms with van der Waals surface area (Å²) in [6, 6.07) is 6.91. The Bertz CT molecular complexity index is 579. The number of hydrogen-bond acceptors (Lipinski definition) is 5. The van der Waals surface area contributed by atoms with E-state index in [1.54, 1.807) is 7.11 Å². The first-order valence-corrected chi connectivity index (χ1v) is 6.31. The molecule has 1 N–H and O–H groups in total. The Balaban J connectivity index is 2.52. The van der Waals surface area contributed by atoms with Crippen LogP contribution in [0.5, 0.6) is 5.75 Å².